The van der Waals surface area contributed by atoms with Crippen LogP contribution in [-0.4, -0.2) is 21.0 Å². The average molecular weight is 252 g/mol. The van der Waals surface area contributed by atoms with Crippen LogP contribution in [0, 0.1) is 6.92 Å². The first-order valence-electron chi connectivity index (χ1n) is 4.45. The van der Waals surface area contributed by atoms with Gasteiger partial charge in [-0.3, -0.25) is 0 Å². The highest BCUT2D eigenvalue weighted by Gasteiger charge is 2.13. The molecule has 0 spiro atoms. The molecule has 0 aliphatic rings. The third-order valence-corrected chi connectivity index (χ3v) is 3.87. The van der Waals surface area contributed by atoms with Gasteiger partial charge in [-0.25, -0.2) is 14.8 Å². The van der Waals surface area contributed by atoms with Gasteiger partial charge in [0.2, 0.25) is 0 Å². The molecule has 2 aromatic heterocycles. The fraction of sp³-hybridized carbons (Fsp3) is 0.100. The molecule has 0 aromatic carbocycles. The molecule has 2 aromatic rings. The topological polar surface area (TPSA) is 63.1 Å². The van der Waals surface area contributed by atoms with Gasteiger partial charge in [-0.2, -0.15) is 0 Å². The van der Waals surface area contributed by atoms with Crippen LogP contribution in [0.1, 0.15) is 16.2 Å². The van der Waals surface area contributed by atoms with Gasteiger partial charge in [0, 0.05) is 22.2 Å². The number of aromatic carboxylic acids is 1. The summed E-state index contributed by atoms with van der Waals surface area (Å²) >= 11 is 2.82. The van der Waals surface area contributed by atoms with Crippen molar-refractivity contribution in [2.75, 3.05) is 0 Å². The predicted molar refractivity (Wildman–Crippen MR) is 62.2 cm³/mol. The minimum absolute atomic E-state index is 0.0698. The average Bonchev–Trinajstić information content (AvgIpc) is 2.64. The summed E-state index contributed by atoms with van der Waals surface area (Å²) in [4.78, 5) is 19.6. The molecule has 0 radical (unpaired) electrons. The summed E-state index contributed by atoms with van der Waals surface area (Å²) in [7, 11) is 0. The Morgan fingerprint density at radius 2 is 2.38 bits per heavy atom. The number of aryl methyl sites for hydroxylation is 1. The maximum atomic E-state index is 10.9. The molecule has 0 bridgehead atoms. The maximum absolute atomic E-state index is 10.9. The van der Waals surface area contributed by atoms with Crippen LogP contribution in [0.4, 0.5) is 0 Å². The first-order valence-corrected chi connectivity index (χ1v) is 6.14. The van der Waals surface area contributed by atoms with Gasteiger partial charge in [-0.1, -0.05) is 11.8 Å². The number of carboxylic acids is 1. The van der Waals surface area contributed by atoms with Gasteiger partial charge in [0.05, 0.1) is 0 Å². The Bertz CT molecular complexity index is 525. The third-order valence-electron chi connectivity index (χ3n) is 1.77. The molecule has 6 heteroatoms. The van der Waals surface area contributed by atoms with E-state index in [1.54, 1.807) is 12.1 Å². The van der Waals surface area contributed by atoms with Crippen molar-refractivity contribution in [3.05, 3.63) is 35.1 Å². The van der Waals surface area contributed by atoms with Crippen LogP contribution in [0.2, 0.25) is 0 Å². The summed E-state index contributed by atoms with van der Waals surface area (Å²) in [5.41, 5.74) is 1.01. The van der Waals surface area contributed by atoms with E-state index in [2.05, 4.69) is 9.97 Å². The number of hydrogen-bond donors (Lipinski definition) is 1. The van der Waals surface area contributed by atoms with Crippen molar-refractivity contribution in [1.29, 1.82) is 0 Å². The molecule has 0 aliphatic carbocycles. The highest BCUT2D eigenvalue weighted by atomic mass is 32.2. The lowest BCUT2D eigenvalue weighted by Gasteiger charge is -2.01. The van der Waals surface area contributed by atoms with Crippen molar-refractivity contribution in [2.45, 2.75) is 16.2 Å². The van der Waals surface area contributed by atoms with Crippen molar-refractivity contribution >= 4 is 29.1 Å². The molecule has 0 amide bonds. The second kappa shape index (κ2) is 4.63. The molecule has 0 fully saturated rings. The Hall–Kier alpha value is -1.40. The van der Waals surface area contributed by atoms with E-state index in [1.807, 2.05) is 12.3 Å². The van der Waals surface area contributed by atoms with Crippen molar-refractivity contribution < 1.29 is 9.90 Å². The fourth-order valence-corrected chi connectivity index (χ4v) is 2.99. The van der Waals surface area contributed by atoms with E-state index in [1.165, 1.54) is 29.3 Å². The van der Waals surface area contributed by atoms with E-state index in [9.17, 15) is 4.79 Å². The first kappa shape index (κ1) is 11.1. The molecule has 16 heavy (non-hydrogen) atoms. The molecule has 0 unspecified atom stereocenters. The second-order valence-corrected chi connectivity index (χ2v) is 5.16. The summed E-state index contributed by atoms with van der Waals surface area (Å²) in [5, 5.41) is 10.9. The Morgan fingerprint density at radius 1 is 1.56 bits per heavy atom. The van der Waals surface area contributed by atoms with Crippen LogP contribution in [0.5, 0.6) is 0 Å². The van der Waals surface area contributed by atoms with Crippen molar-refractivity contribution in [1.82, 2.24) is 9.97 Å². The van der Waals surface area contributed by atoms with Crippen LogP contribution in [-0.2, 0) is 0 Å². The van der Waals surface area contributed by atoms with Crippen LogP contribution < -0.4 is 0 Å². The Labute approximate surface area is 100 Å². The van der Waals surface area contributed by atoms with Crippen LogP contribution in [0.3, 0.4) is 0 Å². The molecule has 0 saturated heterocycles. The number of carbonyl (C=O) groups is 1. The minimum Gasteiger partial charge on any atom is -0.476 e. The van der Waals surface area contributed by atoms with Gasteiger partial charge in [-0.05, 0) is 19.1 Å². The second-order valence-electron chi connectivity index (χ2n) is 3.01. The smallest absolute Gasteiger partial charge is 0.355 e. The molecule has 0 atom stereocenters. The number of carboxylic acid groups (broad SMARTS) is 1. The number of nitrogens with zero attached hydrogens (tertiary/aromatic N) is 2. The van der Waals surface area contributed by atoms with Crippen LogP contribution in [0.15, 0.2) is 32.9 Å². The summed E-state index contributed by atoms with van der Waals surface area (Å²) in [6.45, 7) is 1.90. The first-order chi connectivity index (χ1) is 7.66. The maximum Gasteiger partial charge on any atom is 0.355 e. The molecule has 82 valence electrons. The quantitative estimate of drug-likeness (QED) is 0.910. The Kier molecular flexibility index (Phi) is 3.21. The van der Waals surface area contributed by atoms with Gasteiger partial charge in [0.1, 0.15) is 0 Å². The summed E-state index contributed by atoms with van der Waals surface area (Å²) in [6.07, 6.45) is 1.47. The molecule has 1 N–H and O–H groups in total. The van der Waals surface area contributed by atoms with E-state index in [0.29, 0.717) is 4.90 Å². The van der Waals surface area contributed by atoms with Gasteiger partial charge < -0.3 is 5.11 Å². The number of aromatic nitrogens is 2. The molecule has 0 saturated carbocycles. The SMILES string of the molecule is Cc1csc(Sc2cccnc2C(=O)O)n1. The van der Waals surface area contributed by atoms with Gasteiger partial charge in [0.25, 0.3) is 0 Å². The van der Waals surface area contributed by atoms with Gasteiger partial charge >= 0.3 is 5.97 Å². The van der Waals surface area contributed by atoms with E-state index >= 15 is 0 Å². The van der Waals surface area contributed by atoms with Crippen molar-refractivity contribution in [3.8, 4) is 0 Å². The van der Waals surface area contributed by atoms with E-state index in [-0.39, 0.29) is 5.69 Å². The lowest BCUT2D eigenvalue weighted by Crippen LogP contribution is -2.01. The monoisotopic (exact) mass is 252 g/mol. The Balaban J connectivity index is 2.31. The van der Waals surface area contributed by atoms with Gasteiger partial charge in [0.15, 0.2) is 10.0 Å². The fourth-order valence-electron chi connectivity index (χ4n) is 1.11. The van der Waals surface area contributed by atoms with E-state index < -0.39 is 5.97 Å². The highest BCUT2D eigenvalue weighted by Crippen LogP contribution is 2.31. The molecule has 2 rings (SSSR count). The third kappa shape index (κ3) is 2.40. The van der Waals surface area contributed by atoms with Crippen molar-refractivity contribution in [3.63, 3.8) is 0 Å². The predicted octanol–water partition coefficient (Wildman–Crippen LogP) is 2.70. The summed E-state index contributed by atoms with van der Waals surface area (Å²) in [6, 6.07) is 3.45. The molecule has 0 aliphatic heterocycles. The summed E-state index contributed by atoms with van der Waals surface area (Å²) in [5.74, 6) is -1.02. The highest BCUT2D eigenvalue weighted by molar-refractivity contribution is 8.01. The largest absolute Gasteiger partial charge is 0.476 e. The molecule has 4 nitrogen and oxygen atoms in total. The zero-order valence-electron chi connectivity index (χ0n) is 8.38. The number of pyridine rings is 1. The molecule has 2 heterocycles. The van der Waals surface area contributed by atoms with E-state index in [4.69, 9.17) is 5.11 Å². The Morgan fingerprint density at radius 3 is 3.00 bits per heavy atom. The summed E-state index contributed by atoms with van der Waals surface area (Å²) < 4.78 is 0.827. The number of rotatable bonds is 3. The van der Waals surface area contributed by atoms with E-state index in [0.717, 1.165) is 10.0 Å². The van der Waals surface area contributed by atoms with Gasteiger partial charge in [-0.15, -0.1) is 11.3 Å². The zero-order valence-corrected chi connectivity index (χ0v) is 10.0. The lowest BCUT2D eigenvalue weighted by molar-refractivity contribution is 0.0686. The van der Waals surface area contributed by atoms with Crippen molar-refractivity contribution in [2.24, 2.45) is 0 Å². The lowest BCUT2D eigenvalue weighted by atomic mass is 10.3. The standard InChI is InChI=1S/C10H8N2O2S2/c1-6-5-15-10(12-6)16-7-3-2-4-11-8(7)9(13)14/h2-5H,1H3,(H,13,14). The number of hydrogen-bond acceptors (Lipinski definition) is 5. The molecular formula is C10H8N2O2S2. The zero-order chi connectivity index (χ0) is 11.5. The minimum atomic E-state index is -1.02. The van der Waals surface area contributed by atoms with Crippen LogP contribution >= 0.6 is 23.1 Å². The van der Waals surface area contributed by atoms with Crippen LogP contribution in [0.25, 0.3) is 0 Å². The number of thiazole rings is 1. The normalized spacial score (nSPS) is 10.3. The molecular weight excluding hydrogens is 244 g/mol.